The first-order valence-electron chi connectivity index (χ1n) is 7.51. The normalized spacial score (nSPS) is 18.6. The van der Waals surface area contributed by atoms with E-state index < -0.39 is 0 Å². The van der Waals surface area contributed by atoms with Crippen LogP contribution in [-0.2, 0) is 0 Å². The molecule has 2 aromatic carbocycles. The molecule has 0 aromatic heterocycles. The second-order valence-electron chi connectivity index (χ2n) is 5.99. The van der Waals surface area contributed by atoms with Gasteiger partial charge in [0.2, 0.25) is 0 Å². The standard InChI is InChI=1S/C18H20F2N2/c1-21-9-8-16(12-21)22(2)18-7-6-15(20)11-17(18)13-4-3-5-14(19)10-13/h3-7,10-11,16H,8-9,12H2,1-2H3/t16-/m0/s1. The Morgan fingerprint density at radius 1 is 1.09 bits per heavy atom. The molecule has 0 spiro atoms. The molecule has 1 atom stereocenters. The van der Waals surface area contributed by atoms with Crippen LogP contribution in [0.15, 0.2) is 42.5 Å². The van der Waals surface area contributed by atoms with Crippen molar-refractivity contribution >= 4 is 5.69 Å². The lowest BCUT2D eigenvalue weighted by Crippen LogP contribution is -2.34. The molecule has 1 aliphatic heterocycles. The molecule has 0 aliphatic carbocycles. The van der Waals surface area contributed by atoms with Crippen LogP contribution >= 0.6 is 0 Å². The summed E-state index contributed by atoms with van der Waals surface area (Å²) in [7, 11) is 4.13. The van der Waals surface area contributed by atoms with Crippen LogP contribution in [0, 0.1) is 11.6 Å². The summed E-state index contributed by atoms with van der Waals surface area (Å²) in [5.41, 5.74) is 2.37. The molecule has 0 saturated carbocycles. The fourth-order valence-electron chi connectivity index (χ4n) is 3.13. The molecule has 2 aromatic rings. The average molecular weight is 302 g/mol. The average Bonchev–Trinajstić information content (AvgIpc) is 2.93. The molecule has 0 N–H and O–H groups in total. The van der Waals surface area contributed by atoms with Crippen molar-refractivity contribution in [2.24, 2.45) is 0 Å². The molecule has 1 saturated heterocycles. The van der Waals surface area contributed by atoms with Crippen LogP contribution in [0.5, 0.6) is 0 Å². The van der Waals surface area contributed by atoms with Gasteiger partial charge in [0, 0.05) is 30.9 Å². The SMILES string of the molecule is CN1CC[C@H](N(C)c2ccc(F)cc2-c2cccc(F)c2)C1. The van der Waals surface area contributed by atoms with E-state index in [1.807, 2.05) is 13.1 Å². The smallest absolute Gasteiger partial charge is 0.123 e. The molecule has 2 nitrogen and oxygen atoms in total. The molecule has 0 unspecified atom stereocenters. The van der Waals surface area contributed by atoms with E-state index in [4.69, 9.17) is 0 Å². The minimum Gasteiger partial charge on any atom is -0.370 e. The summed E-state index contributed by atoms with van der Waals surface area (Å²) in [6, 6.07) is 11.5. The van der Waals surface area contributed by atoms with Gasteiger partial charge in [-0.3, -0.25) is 0 Å². The number of hydrogen-bond donors (Lipinski definition) is 0. The molecule has 4 heteroatoms. The van der Waals surface area contributed by atoms with Crippen LogP contribution in [0.25, 0.3) is 11.1 Å². The van der Waals surface area contributed by atoms with Crippen molar-refractivity contribution in [3.8, 4) is 11.1 Å². The second kappa shape index (κ2) is 6.05. The Kier molecular flexibility index (Phi) is 4.12. The van der Waals surface area contributed by atoms with Crippen LogP contribution in [-0.4, -0.2) is 38.1 Å². The number of benzene rings is 2. The molecule has 0 radical (unpaired) electrons. The van der Waals surface area contributed by atoms with Crippen molar-refractivity contribution in [1.29, 1.82) is 0 Å². The number of nitrogens with zero attached hydrogens (tertiary/aromatic N) is 2. The third kappa shape index (κ3) is 2.97. The Labute approximate surface area is 130 Å². The Balaban J connectivity index is 2.01. The van der Waals surface area contributed by atoms with E-state index in [9.17, 15) is 8.78 Å². The van der Waals surface area contributed by atoms with Crippen LogP contribution in [0.2, 0.25) is 0 Å². The lowest BCUT2D eigenvalue weighted by molar-refractivity contribution is 0.409. The number of hydrogen-bond acceptors (Lipinski definition) is 2. The Bertz CT molecular complexity index is 672. The van der Waals surface area contributed by atoms with E-state index in [2.05, 4.69) is 16.8 Å². The first-order chi connectivity index (χ1) is 10.5. The molecule has 0 amide bonds. The van der Waals surface area contributed by atoms with Crippen molar-refractivity contribution in [1.82, 2.24) is 4.90 Å². The highest BCUT2D eigenvalue weighted by molar-refractivity contribution is 5.78. The van der Waals surface area contributed by atoms with E-state index in [0.29, 0.717) is 11.6 Å². The molecular weight excluding hydrogens is 282 g/mol. The minimum absolute atomic E-state index is 0.306. The summed E-state index contributed by atoms with van der Waals surface area (Å²) in [6.45, 7) is 2.04. The topological polar surface area (TPSA) is 6.48 Å². The summed E-state index contributed by atoms with van der Waals surface area (Å²) in [5, 5.41) is 0. The van der Waals surface area contributed by atoms with Gasteiger partial charge in [-0.2, -0.15) is 0 Å². The summed E-state index contributed by atoms with van der Waals surface area (Å²) in [5.74, 6) is -0.615. The van der Waals surface area contributed by atoms with Crippen molar-refractivity contribution in [2.75, 3.05) is 32.1 Å². The zero-order chi connectivity index (χ0) is 15.7. The zero-order valence-electron chi connectivity index (χ0n) is 12.9. The first kappa shape index (κ1) is 15.0. The fraction of sp³-hybridized carbons (Fsp3) is 0.333. The largest absolute Gasteiger partial charge is 0.370 e. The van der Waals surface area contributed by atoms with E-state index in [1.54, 1.807) is 12.1 Å². The molecule has 116 valence electrons. The second-order valence-corrected chi connectivity index (χ2v) is 5.99. The van der Waals surface area contributed by atoms with Gasteiger partial charge < -0.3 is 9.80 Å². The van der Waals surface area contributed by atoms with Gasteiger partial charge in [0.1, 0.15) is 11.6 Å². The van der Waals surface area contributed by atoms with E-state index >= 15 is 0 Å². The molecule has 1 heterocycles. The highest BCUT2D eigenvalue weighted by Crippen LogP contribution is 2.33. The highest BCUT2D eigenvalue weighted by Gasteiger charge is 2.25. The predicted molar refractivity (Wildman–Crippen MR) is 86.1 cm³/mol. The third-order valence-corrected chi connectivity index (χ3v) is 4.39. The number of likely N-dealkylation sites (tertiary alicyclic amines) is 1. The van der Waals surface area contributed by atoms with Crippen LogP contribution in [0.3, 0.4) is 0 Å². The van der Waals surface area contributed by atoms with Gasteiger partial charge in [-0.25, -0.2) is 8.78 Å². The van der Waals surface area contributed by atoms with Crippen LogP contribution < -0.4 is 4.90 Å². The zero-order valence-corrected chi connectivity index (χ0v) is 12.9. The van der Waals surface area contributed by atoms with Gasteiger partial charge in [-0.1, -0.05) is 12.1 Å². The van der Waals surface area contributed by atoms with E-state index in [0.717, 1.165) is 30.8 Å². The maximum atomic E-state index is 13.7. The van der Waals surface area contributed by atoms with Crippen molar-refractivity contribution < 1.29 is 8.78 Å². The molecular formula is C18H20F2N2. The maximum Gasteiger partial charge on any atom is 0.123 e. The number of anilines is 1. The van der Waals surface area contributed by atoms with Gasteiger partial charge in [-0.15, -0.1) is 0 Å². The number of likely N-dealkylation sites (N-methyl/N-ethyl adjacent to an activating group) is 2. The Morgan fingerprint density at radius 2 is 1.86 bits per heavy atom. The van der Waals surface area contributed by atoms with Crippen molar-refractivity contribution in [2.45, 2.75) is 12.5 Å². The van der Waals surface area contributed by atoms with Gasteiger partial charge in [0.25, 0.3) is 0 Å². The van der Waals surface area contributed by atoms with Crippen LogP contribution in [0.4, 0.5) is 14.5 Å². The summed E-state index contributed by atoms with van der Waals surface area (Å²) in [6.07, 6.45) is 1.08. The van der Waals surface area contributed by atoms with E-state index in [-0.39, 0.29) is 11.6 Å². The van der Waals surface area contributed by atoms with Crippen molar-refractivity contribution in [3.63, 3.8) is 0 Å². The molecule has 1 aliphatic rings. The fourth-order valence-corrected chi connectivity index (χ4v) is 3.13. The summed E-state index contributed by atoms with van der Waals surface area (Å²) in [4.78, 5) is 4.47. The quantitative estimate of drug-likeness (QED) is 0.851. The lowest BCUT2D eigenvalue weighted by Gasteiger charge is -2.29. The van der Waals surface area contributed by atoms with E-state index in [1.165, 1.54) is 24.3 Å². The Hall–Kier alpha value is -1.94. The number of rotatable bonds is 3. The van der Waals surface area contributed by atoms with Gasteiger partial charge in [0.05, 0.1) is 0 Å². The maximum absolute atomic E-state index is 13.7. The molecule has 22 heavy (non-hydrogen) atoms. The predicted octanol–water partition coefficient (Wildman–Crippen LogP) is 3.77. The first-order valence-corrected chi connectivity index (χ1v) is 7.51. The van der Waals surface area contributed by atoms with Gasteiger partial charge in [-0.05, 0) is 55.9 Å². The molecule has 0 bridgehead atoms. The minimum atomic E-state index is -0.309. The Morgan fingerprint density at radius 3 is 2.55 bits per heavy atom. The van der Waals surface area contributed by atoms with Gasteiger partial charge in [0.15, 0.2) is 0 Å². The number of halogens is 2. The molecule has 1 fully saturated rings. The van der Waals surface area contributed by atoms with Crippen molar-refractivity contribution in [3.05, 3.63) is 54.1 Å². The van der Waals surface area contributed by atoms with Gasteiger partial charge >= 0.3 is 0 Å². The lowest BCUT2D eigenvalue weighted by atomic mass is 10.0. The summed E-state index contributed by atoms with van der Waals surface area (Å²) >= 11 is 0. The highest BCUT2D eigenvalue weighted by atomic mass is 19.1. The third-order valence-electron chi connectivity index (χ3n) is 4.39. The van der Waals surface area contributed by atoms with Crippen LogP contribution in [0.1, 0.15) is 6.42 Å². The monoisotopic (exact) mass is 302 g/mol. The molecule has 3 rings (SSSR count). The summed E-state index contributed by atoms with van der Waals surface area (Å²) < 4.78 is 27.2.